The van der Waals surface area contributed by atoms with E-state index >= 15 is 0 Å². The highest BCUT2D eigenvalue weighted by atomic mass is 32.2. The number of para-hydroxylation sites is 1. The van der Waals surface area contributed by atoms with E-state index in [1.165, 1.54) is 12.1 Å². The minimum absolute atomic E-state index is 0.00608. The Morgan fingerprint density at radius 2 is 1.74 bits per heavy atom. The molecule has 0 unspecified atom stereocenters. The molecule has 0 spiro atoms. The number of nitrogens with zero attached hydrogens (tertiary/aromatic N) is 1. The number of hydrogen-bond acceptors (Lipinski definition) is 4. The summed E-state index contributed by atoms with van der Waals surface area (Å²) in [6.07, 6.45) is 0.783. The van der Waals surface area contributed by atoms with Crippen molar-refractivity contribution in [2.75, 3.05) is 11.4 Å². The van der Waals surface area contributed by atoms with Gasteiger partial charge in [-0.25, -0.2) is 8.42 Å². The quantitative estimate of drug-likeness (QED) is 0.826. The SMILES string of the molecule is CC(C)Oc1ccc(S(=O)(=O)N[C@@H](C)C(=O)N2CCc3ccccc32)cc1. The van der Waals surface area contributed by atoms with Crippen LogP contribution in [-0.4, -0.2) is 33.0 Å². The first-order valence-electron chi connectivity index (χ1n) is 8.96. The molecule has 1 heterocycles. The number of hydrogen-bond donors (Lipinski definition) is 1. The topological polar surface area (TPSA) is 75.7 Å². The van der Waals surface area contributed by atoms with Crippen LogP contribution in [-0.2, 0) is 21.2 Å². The van der Waals surface area contributed by atoms with Crippen LogP contribution in [0.2, 0.25) is 0 Å². The van der Waals surface area contributed by atoms with Crippen LogP contribution < -0.4 is 14.4 Å². The van der Waals surface area contributed by atoms with Crippen LogP contribution in [0.5, 0.6) is 5.75 Å². The van der Waals surface area contributed by atoms with Gasteiger partial charge in [0, 0.05) is 12.2 Å². The predicted octanol–water partition coefficient (Wildman–Crippen LogP) is 2.73. The molecule has 1 aliphatic heterocycles. The maximum atomic E-state index is 12.8. The molecule has 0 fully saturated rings. The third-order valence-corrected chi connectivity index (χ3v) is 5.92. The molecule has 0 saturated heterocycles. The summed E-state index contributed by atoms with van der Waals surface area (Å²) in [5.74, 6) is 0.338. The third-order valence-electron chi connectivity index (χ3n) is 4.36. The van der Waals surface area contributed by atoms with Gasteiger partial charge in [0.05, 0.1) is 17.0 Å². The Bertz CT molecular complexity index is 923. The molecule has 1 amide bonds. The maximum absolute atomic E-state index is 12.8. The number of benzene rings is 2. The van der Waals surface area contributed by atoms with Gasteiger partial charge in [-0.1, -0.05) is 18.2 Å². The average molecular weight is 388 g/mol. The molecule has 1 atom stereocenters. The number of rotatable bonds is 6. The van der Waals surface area contributed by atoms with E-state index in [2.05, 4.69) is 4.72 Å². The van der Waals surface area contributed by atoms with Crippen molar-refractivity contribution in [1.29, 1.82) is 0 Å². The van der Waals surface area contributed by atoms with E-state index in [0.29, 0.717) is 12.3 Å². The normalized spacial score (nSPS) is 14.9. The fourth-order valence-electron chi connectivity index (χ4n) is 3.12. The minimum atomic E-state index is -3.81. The van der Waals surface area contributed by atoms with Gasteiger partial charge in [0.2, 0.25) is 15.9 Å². The summed E-state index contributed by atoms with van der Waals surface area (Å²) in [6.45, 7) is 5.93. The second kappa shape index (κ2) is 7.70. The number of amides is 1. The van der Waals surface area contributed by atoms with E-state index in [1.807, 2.05) is 38.1 Å². The first-order chi connectivity index (χ1) is 12.8. The molecule has 0 saturated carbocycles. The Morgan fingerprint density at radius 1 is 1.07 bits per heavy atom. The van der Waals surface area contributed by atoms with Gasteiger partial charge in [0.15, 0.2) is 0 Å². The lowest BCUT2D eigenvalue weighted by molar-refractivity contribution is -0.119. The molecule has 0 radical (unpaired) electrons. The van der Waals surface area contributed by atoms with Crippen LogP contribution in [0.1, 0.15) is 26.3 Å². The zero-order chi connectivity index (χ0) is 19.6. The first kappa shape index (κ1) is 19.4. The zero-order valence-corrected chi connectivity index (χ0v) is 16.5. The third kappa shape index (κ3) is 4.31. The largest absolute Gasteiger partial charge is 0.491 e. The summed E-state index contributed by atoms with van der Waals surface area (Å²) in [4.78, 5) is 14.5. The lowest BCUT2D eigenvalue weighted by Gasteiger charge is -2.22. The number of carbonyl (C=O) groups is 1. The number of sulfonamides is 1. The molecule has 144 valence electrons. The van der Waals surface area contributed by atoms with Crippen LogP contribution in [0.4, 0.5) is 5.69 Å². The van der Waals surface area contributed by atoms with E-state index in [4.69, 9.17) is 4.74 Å². The van der Waals surface area contributed by atoms with E-state index < -0.39 is 16.1 Å². The molecule has 6 nitrogen and oxygen atoms in total. The number of fused-ring (bicyclic) bond motifs is 1. The molecular weight excluding hydrogens is 364 g/mol. The molecule has 0 aromatic heterocycles. The van der Waals surface area contributed by atoms with Crippen molar-refractivity contribution in [3.05, 3.63) is 54.1 Å². The molecule has 1 aliphatic rings. The Balaban J connectivity index is 1.71. The molecule has 2 aromatic rings. The van der Waals surface area contributed by atoms with Crippen molar-refractivity contribution >= 4 is 21.6 Å². The summed E-state index contributed by atoms with van der Waals surface area (Å²) >= 11 is 0. The molecule has 27 heavy (non-hydrogen) atoms. The fourth-order valence-corrected chi connectivity index (χ4v) is 4.32. The minimum Gasteiger partial charge on any atom is -0.491 e. The van der Waals surface area contributed by atoms with Crippen molar-refractivity contribution < 1.29 is 17.9 Å². The smallest absolute Gasteiger partial charge is 0.244 e. The molecule has 1 N–H and O–H groups in total. The lowest BCUT2D eigenvalue weighted by atomic mass is 10.2. The standard InChI is InChI=1S/C20H24N2O4S/c1-14(2)26-17-8-10-18(11-9-17)27(24,25)21-15(3)20(23)22-13-12-16-6-4-5-7-19(16)22/h4-11,14-15,21H,12-13H2,1-3H3/t15-/m0/s1. The monoisotopic (exact) mass is 388 g/mol. The van der Waals surface area contributed by atoms with Crippen LogP contribution in [0.15, 0.2) is 53.4 Å². The van der Waals surface area contributed by atoms with Gasteiger partial charge in [-0.15, -0.1) is 0 Å². The van der Waals surface area contributed by atoms with Gasteiger partial charge in [-0.05, 0) is 63.1 Å². The van der Waals surface area contributed by atoms with Crippen molar-refractivity contribution in [2.45, 2.75) is 44.2 Å². The van der Waals surface area contributed by atoms with Crippen LogP contribution in [0.25, 0.3) is 0 Å². The number of anilines is 1. The van der Waals surface area contributed by atoms with Gasteiger partial charge in [0.25, 0.3) is 0 Å². The lowest BCUT2D eigenvalue weighted by Crippen LogP contribution is -2.46. The highest BCUT2D eigenvalue weighted by molar-refractivity contribution is 7.89. The Hall–Kier alpha value is -2.38. The molecule has 0 bridgehead atoms. The molecule has 0 aliphatic carbocycles. The Kier molecular flexibility index (Phi) is 5.53. The van der Waals surface area contributed by atoms with Crippen molar-refractivity contribution in [3.63, 3.8) is 0 Å². The molecule has 2 aromatic carbocycles. The Labute approximate surface area is 160 Å². The van der Waals surface area contributed by atoms with Gasteiger partial charge < -0.3 is 9.64 Å². The van der Waals surface area contributed by atoms with E-state index in [0.717, 1.165) is 17.7 Å². The van der Waals surface area contributed by atoms with Crippen LogP contribution >= 0.6 is 0 Å². The molecular formula is C20H24N2O4S. The van der Waals surface area contributed by atoms with E-state index in [-0.39, 0.29) is 16.9 Å². The van der Waals surface area contributed by atoms with Gasteiger partial charge >= 0.3 is 0 Å². The Morgan fingerprint density at radius 3 is 2.41 bits per heavy atom. The summed E-state index contributed by atoms with van der Waals surface area (Å²) in [6, 6.07) is 13.0. The number of carbonyl (C=O) groups excluding carboxylic acids is 1. The van der Waals surface area contributed by atoms with Gasteiger partial charge in [-0.2, -0.15) is 4.72 Å². The molecule has 7 heteroatoms. The zero-order valence-electron chi connectivity index (χ0n) is 15.7. The van der Waals surface area contributed by atoms with Crippen LogP contribution in [0, 0.1) is 0 Å². The second-order valence-electron chi connectivity index (χ2n) is 6.85. The number of ether oxygens (including phenoxy) is 1. The van der Waals surface area contributed by atoms with Crippen molar-refractivity contribution in [3.8, 4) is 5.75 Å². The fraction of sp³-hybridized carbons (Fsp3) is 0.350. The maximum Gasteiger partial charge on any atom is 0.244 e. The second-order valence-corrected chi connectivity index (χ2v) is 8.56. The van der Waals surface area contributed by atoms with Gasteiger partial charge in [-0.3, -0.25) is 4.79 Å². The summed E-state index contributed by atoms with van der Waals surface area (Å²) in [5, 5.41) is 0. The summed E-state index contributed by atoms with van der Waals surface area (Å²) in [5.41, 5.74) is 1.95. The summed E-state index contributed by atoms with van der Waals surface area (Å²) in [7, 11) is -3.81. The van der Waals surface area contributed by atoms with Crippen molar-refractivity contribution in [2.24, 2.45) is 0 Å². The molecule has 3 rings (SSSR count). The summed E-state index contributed by atoms with van der Waals surface area (Å²) < 4.78 is 33.2. The average Bonchev–Trinajstić information content (AvgIpc) is 3.04. The van der Waals surface area contributed by atoms with E-state index in [9.17, 15) is 13.2 Å². The first-order valence-corrected chi connectivity index (χ1v) is 10.4. The highest BCUT2D eigenvalue weighted by Crippen LogP contribution is 2.28. The van der Waals surface area contributed by atoms with Gasteiger partial charge in [0.1, 0.15) is 5.75 Å². The predicted molar refractivity (Wildman–Crippen MR) is 104 cm³/mol. The van der Waals surface area contributed by atoms with E-state index in [1.54, 1.807) is 24.0 Å². The van der Waals surface area contributed by atoms with Crippen molar-refractivity contribution in [1.82, 2.24) is 4.72 Å². The number of nitrogens with one attached hydrogen (secondary N) is 1. The highest BCUT2D eigenvalue weighted by Gasteiger charge is 2.30. The van der Waals surface area contributed by atoms with Crippen LogP contribution in [0.3, 0.4) is 0 Å².